The summed E-state index contributed by atoms with van der Waals surface area (Å²) in [5, 5.41) is 0. The number of nitrogens with two attached hydrogens (primary N) is 1. The maximum atomic E-state index is 5.84. The van der Waals surface area contributed by atoms with Gasteiger partial charge >= 0.3 is 0 Å². The van der Waals surface area contributed by atoms with Crippen molar-refractivity contribution in [2.24, 2.45) is 11.7 Å². The first-order chi connectivity index (χ1) is 5.07. The minimum atomic E-state index is 0.230. The van der Waals surface area contributed by atoms with E-state index in [-0.39, 0.29) is 6.04 Å². The van der Waals surface area contributed by atoms with E-state index in [2.05, 4.69) is 24.7 Å². The molecule has 2 N–H and O–H groups in total. The van der Waals surface area contributed by atoms with Crippen LogP contribution in [0.3, 0.4) is 0 Å². The monoisotopic (exact) mass is 154 g/mol. The molecule has 0 aliphatic carbocycles. The van der Waals surface area contributed by atoms with Gasteiger partial charge in [0.05, 0.1) is 6.54 Å². The molecule has 64 valence electrons. The van der Waals surface area contributed by atoms with Crippen molar-refractivity contribution in [1.82, 2.24) is 4.90 Å². The Morgan fingerprint density at radius 1 is 1.55 bits per heavy atom. The highest BCUT2D eigenvalue weighted by molar-refractivity contribution is 4.88. The topological polar surface area (TPSA) is 29.3 Å². The molecular formula is C9H18N2. The first-order valence-electron chi connectivity index (χ1n) is 3.95. The van der Waals surface area contributed by atoms with Crippen LogP contribution >= 0.6 is 0 Å². The lowest BCUT2D eigenvalue weighted by Crippen LogP contribution is -2.38. The molecule has 0 aromatic carbocycles. The molecule has 11 heavy (non-hydrogen) atoms. The van der Waals surface area contributed by atoms with E-state index >= 15 is 0 Å². The van der Waals surface area contributed by atoms with Crippen molar-refractivity contribution in [3.05, 3.63) is 0 Å². The Morgan fingerprint density at radius 2 is 2.09 bits per heavy atom. The maximum absolute atomic E-state index is 5.84. The molecule has 0 saturated carbocycles. The summed E-state index contributed by atoms with van der Waals surface area (Å²) in [4.78, 5) is 2.06. The van der Waals surface area contributed by atoms with Crippen LogP contribution in [0.1, 0.15) is 13.8 Å². The zero-order chi connectivity index (χ0) is 8.85. The first kappa shape index (κ1) is 10.5. The van der Waals surface area contributed by atoms with Gasteiger partial charge in [0.25, 0.3) is 0 Å². The third-order valence-corrected chi connectivity index (χ3v) is 1.74. The fourth-order valence-electron chi connectivity index (χ4n) is 0.791. The van der Waals surface area contributed by atoms with Crippen LogP contribution in [0.2, 0.25) is 0 Å². The molecule has 1 unspecified atom stereocenters. The van der Waals surface area contributed by atoms with Crippen molar-refractivity contribution < 1.29 is 0 Å². The second-order valence-electron chi connectivity index (χ2n) is 3.31. The maximum Gasteiger partial charge on any atom is 0.0596 e. The second kappa shape index (κ2) is 5.17. The quantitative estimate of drug-likeness (QED) is 0.599. The zero-order valence-electron chi connectivity index (χ0n) is 7.67. The Hall–Kier alpha value is -0.520. The minimum absolute atomic E-state index is 0.230. The van der Waals surface area contributed by atoms with Gasteiger partial charge in [-0.1, -0.05) is 19.8 Å². The van der Waals surface area contributed by atoms with Gasteiger partial charge in [-0.3, -0.25) is 4.90 Å². The molecule has 0 heterocycles. The fourth-order valence-corrected chi connectivity index (χ4v) is 0.791. The molecule has 0 fully saturated rings. The van der Waals surface area contributed by atoms with Gasteiger partial charge in [-0.25, -0.2) is 0 Å². The van der Waals surface area contributed by atoms with E-state index in [0.29, 0.717) is 12.5 Å². The summed E-state index contributed by atoms with van der Waals surface area (Å²) in [7, 11) is 1.99. The SMILES string of the molecule is C#CCN(C)CC(N)C(C)C. The summed E-state index contributed by atoms with van der Waals surface area (Å²) in [6.07, 6.45) is 5.15. The first-order valence-corrected chi connectivity index (χ1v) is 3.95. The summed E-state index contributed by atoms with van der Waals surface area (Å²) in [6.45, 7) is 5.80. The van der Waals surface area contributed by atoms with E-state index in [0.717, 1.165) is 6.54 Å². The van der Waals surface area contributed by atoms with Gasteiger partial charge in [0.2, 0.25) is 0 Å². The third-order valence-electron chi connectivity index (χ3n) is 1.74. The number of rotatable bonds is 4. The van der Waals surface area contributed by atoms with Gasteiger partial charge in [0.15, 0.2) is 0 Å². The molecule has 0 spiro atoms. The predicted octanol–water partition coefficient (Wildman–Crippen LogP) is 0.535. The van der Waals surface area contributed by atoms with E-state index in [9.17, 15) is 0 Å². The summed E-state index contributed by atoms with van der Waals surface area (Å²) in [6, 6.07) is 0.230. The lowest BCUT2D eigenvalue weighted by molar-refractivity contribution is 0.310. The Bertz CT molecular complexity index is 135. The number of hydrogen-bond donors (Lipinski definition) is 1. The van der Waals surface area contributed by atoms with Gasteiger partial charge in [0, 0.05) is 12.6 Å². The molecule has 1 atom stereocenters. The van der Waals surface area contributed by atoms with Gasteiger partial charge < -0.3 is 5.73 Å². The van der Waals surface area contributed by atoms with Gasteiger partial charge in [0.1, 0.15) is 0 Å². The predicted molar refractivity (Wildman–Crippen MR) is 49.1 cm³/mol. The smallest absolute Gasteiger partial charge is 0.0596 e. The van der Waals surface area contributed by atoms with E-state index < -0.39 is 0 Å². The minimum Gasteiger partial charge on any atom is -0.326 e. The van der Waals surface area contributed by atoms with Crippen LogP contribution in [0.25, 0.3) is 0 Å². The van der Waals surface area contributed by atoms with Crippen LogP contribution in [0.4, 0.5) is 0 Å². The number of terminal acetylenes is 1. The van der Waals surface area contributed by atoms with Crippen LogP contribution in [-0.2, 0) is 0 Å². The molecule has 0 saturated heterocycles. The van der Waals surface area contributed by atoms with Gasteiger partial charge in [-0.2, -0.15) is 0 Å². The van der Waals surface area contributed by atoms with E-state index in [1.807, 2.05) is 7.05 Å². The molecule has 0 aliphatic heterocycles. The Labute approximate surface area is 69.8 Å². The zero-order valence-corrected chi connectivity index (χ0v) is 7.67. The van der Waals surface area contributed by atoms with Crippen LogP contribution in [0, 0.1) is 18.3 Å². The standard InChI is InChI=1S/C9H18N2/c1-5-6-11(4)7-9(10)8(2)3/h1,8-9H,6-7,10H2,2-4H3. The number of hydrogen-bond acceptors (Lipinski definition) is 2. The van der Waals surface area contributed by atoms with Crippen LogP contribution < -0.4 is 5.73 Å². The fraction of sp³-hybridized carbons (Fsp3) is 0.778. The number of nitrogens with zero attached hydrogens (tertiary/aromatic N) is 1. The van der Waals surface area contributed by atoms with E-state index in [1.54, 1.807) is 0 Å². The van der Waals surface area contributed by atoms with Crippen molar-refractivity contribution in [1.29, 1.82) is 0 Å². The summed E-state index contributed by atoms with van der Waals surface area (Å²) >= 11 is 0. The Kier molecular flexibility index (Phi) is 4.93. The van der Waals surface area contributed by atoms with E-state index in [1.165, 1.54) is 0 Å². The highest BCUT2D eigenvalue weighted by Crippen LogP contribution is 1.99. The van der Waals surface area contributed by atoms with Crippen LogP contribution in [0.5, 0.6) is 0 Å². The van der Waals surface area contributed by atoms with Gasteiger partial charge in [-0.05, 0) is 13.0 Å². The summed E-state index contributed by atoms with van der Waals surface area (Å²) in [5.41, 5.74) is 5.84. The number of likely N-dealkylation sites (N-methyl/N-ethyl adjacent to an activating group) is 1. The molecule has 2 nitrogen and oxygen atoms in total. The molecule has 0 radical (unpaired) electrons. The summed E-state index contributed by atoms with van der Waals surface area (Å²) < 4.78 is 0. The molecule has 0 aromatic heterocycles. The lowest BCUT2D eigenvalue weighted by atomic mass is 10.1. The Morgan fingerprint density at radius 3 is 2.45 bits per heavy atom. The highest BCUT2D eigenvalue weighted by Gasteiger charge is 2.08. The summed E-state index contributed by atoms with van der Waals surface area (Å²) in [5.74, 6) is 3.11. The van der Waals surface area contributed by atoms with Crippen LogP contribution in [0.15, 0.2) is 0 Å². The van der Waals surface area contributed by atoms with Crippen molar-refractivity contribution in [3.8, 4) is 12.3 Å². The van der Waals surface area contributed by atoms with Crippen molar-refractivity contribution in [3.63, 3.8) is 0 Å². The normalized spacial score (nSPS) is 13.5. The molecule has 0 bridgehead atoms. The molecule has 0 amide bonds. The second-order valence-corrected chi connectivity index (χ2v) is 3.31. The largest absolute Gasteiger partial charge is 0.326 e. The molecule has 2 heteroatoms. The molecule has 0 rings (SSSR count). The van der Waals surface area contributed by atoms with Crippen molar-refractivity contribution >= 4 is 0 Å². The van der Waals surface area contributed by atoms with Crippen LogP contribution in [-0.4, -0.2) is 31.1 Å². The lowest BCUT2D eigenvalue weighted by Gasteiger charge is -2.21. The van der Waals surface area contributed by atoms with Gasteiger partial charge in [-0.15, -0.1) is 6.42 Å². The Balaban J connectivity index is 3.58. The highest BCUT2D eigenvalue weighted by atomic mass is 15.1. The van der Waals surface area contributed by atoms with Crippen molar-refractivity contribution in [2.75, 3.05) is 20.1 Å². The molecular weight excluding hydrogens is 136 g/mol. The van der Waals surface area contributed by atoms with E-state index in [4.69, 9.17) is 12.2 Å². The molecule has 0 aromatic rings. The average molecular weight is 154 g/mol. The average Bonchev–Trinajstić information content (AvgIpc) is 1.87. The molecule has 0 aliphatic rings. The third kappa shape index (κ3) is 4.83. The van der Waals surface area contributed by atoms with Crippen molar-refractivity contribution in [2.45, 2.75) is 19.9 Å².